The van der Waals surface area contributed by atoms with Crippen LogP contribution in [0.25, 0.3) is 0 Å². The zero-order valence-electron chi connectivity index (χ0n) is 23.5. The number of nitrogens with one attached hydrogen (secondary N) is 1. The number of nitro benzene ring substituents is 1. The number of carbonyl (C=O) groups is 3. The van der Waals surface area contributed by atoms with E-state index in [1.54, 1.807) is 30.3 Å². The lowest BCUT2D eigenvalue weighted by Crippen LogP contribution is -2.31. The van der Waals surface area contributed by atoms with Crippen molar-refractivity contribution >= 4 is 58.1 Å². The Morgan fingerprint density at radius 2 is 1.69 bits per heavy atom. The minimum atomic E-state index is -0.633. The van der Waals surface area contributed by atoms with Crippen molar-refractivity contribution in [2.24, 2.45) is 0 Å². The molecule has 1 aliphatic heterocycles. The van der Waals surface area contributed by atoms with Gasteiger partial charge in [0.2, 0.25) is 0 Å². The maximum Gasteiger partial charge on any atom is 0.272 e. The van der Waals surface area contributed by atoms with Crippen molar-refractivity contribution in [3.05, 3.63) is 86.4 Å². The third-order valence-corrected chi connectivity index (χ3v) is 6.51. The summed E-state index contributed by atoms with van der Waals surface area (Å²) < 4.78 is 0. The number of imide groups is 1. The van der Waals surface area contributed by atoms with Gasteiger partial charge in [0.1, 0.15) is 12.4 Å². The van der Waals surface area contributed by atoms with Crippen LogP contribution in [-0.2, 0) is 4.79 Å². The first-order valence-electron chi connectivity index (χ1n) is 12.8. The van der Waals surface area contributed by atoms with Gasteiger partial charge < -0.3 is 26.5 Å². The zero-order valence-corrected chi connectivity index (χ0v) is 24.2. The lowest BCUT2D eigenvalue weighted by atomic mass is 10.1. The molecule has 0 bridgehead atoms. The molecule has 0 radical (unpaired) electrons. The molecular weight excluding hydrogens is 562 g/mol. The molecule has 5 N–H and O–H groups in total. The summed E-state index contributed by atoms with van der Waals surface area (Å²) in [5.41, 5.74) is 14.8. The normalized spacial score (nSPS) is 11.3. The molecule has 12 nitrogen and oxygen atoms in total. The highest BCUT2D eigenvalue weighted by molar-refractivity contribution is 6.33. The lowest BCUT2D eigenvalue weighted by molar-refractivity contribution is -0.384. The topological polar surface area (TPSA) is 189 Å². The Labute approximate surface area is 248 Å². The van der Waals surface area contributed by atoms with E-state index in [1.165, 1.54) is 11.8 Å². The lowest BCUT2D eigenvalue weighted by Gasteiger charge is -2.21. The zero-order chi connectivity index (χ0) is 31.4. The Kier molecular flexibility index (Phi) is 12.3. The number of fused-ring (bicyclic) bond motifs is 1. The Bertz CT molecular complexity index is 1470. The average Bonchev–Trinajstić information content (AvgIpc) is 3.22. The molecule has 0 saturated carbocycles. The Morgan fingerprint density at radius 3 is 2.21 bits per heavy atom. The summed E-state index contributed by atoms with van der Waals surface area (Å²) in [5, 5.41) is 22.0. The van der Waals surface area contributed by atoms with Gasteiger partial charge in [-0.05, 0) is 50.1 Å². The van der Waals surface area contributed by atoms with E-state index in [4.69, 9.17) is 33.1 Å². The van der Waals surface area contributed by atoms with Crippen LogP contribution >= 0.6 is 11.6 Å². The number of nitro groups is 1. The van der Waals surface area contributed by atoms with E-state index in [9.17, 15) is 19.7 Å². The number of nitriles is 1. The third-order valence-electron chi connectivity index (χ3n) is 6.20. The standard InChI is InChI=1S/C20H24N4O2.C7H4ClN3O2.C2H4O/c1-22-18-13-14(9-10-17(18)21)23(2)11-5-6-12-24-19(25)15-7-3-4-8-16(15)20(24)26;8-6-2-5(11(12)13)1-4(3-9)7(6)10;1-2-3/h3-4,7-10,13,22H,5-6,11-12,21H2,1-2H3;1-2H,10H2;2H,1H3. The molecule has 3 aromatic carbocycles. The second-order valence-corrected chi connectivity index (χ2v) is 9.36. The van der Waals surface area contributed by atoms with Gasteiger partial charge in [0, 0.05) is 45.0 Å². The highest BCUT2D eigenvalue weighted by Gasteiger charge is 2.34. The summed E-state index contributed by atoms with van der Waals surface area (Å²) in [4.78, 5) is 46.7. The van der Waals surface area contributed by atoms with Crippen LogP contribution in [-0.4, -0.2) is 55.1 Å². The molecule has 0 spiro atoms. The first kappa shape index (κ1) is 33.1. The molecule has 3 aromatic rings. The predicted octanol–water partition coefficient (Wildman–Crippen LogP) is 4.73. The number of carbonyl (C=O) groups excluding carboxylic acids is 3. The minimum absolute atomic E-state index is 0.0131. The van der Waals surface area contributed by atoms with E-state index in [-0.39, 0.29) is 33.8 Å². The van der Waals surface area contributed by atoms with Crippen LogP contribution < -0.4 is 21.7 Å². The number of anilines is 4. The van der Waals surface area contributed by atoms with Crippen LogP contribution in [0.15, 0.2) is 54.6 Å². The monoisotopic (exact) mass is 593 g/mol. The molecular formula is C29H32ClN7O5. The van der Waals surface area contributed by atoms with E-state index in [2.05, 4.69) is 10.2 Å². The van der Waals surface area contributed by atoms with Crippen molar-refractivity contribution in [1.29, 1.82) is 5.26 Å². The number of nitrogens with two attached hydrogens (primary N) is 2. The summed E-state index contributed by atoms with van der Waals surface area (Å²) in [6.45, 7) is 2.72. The molecule has 13 heteroatoms. The molecule has 0 saturated heterocycles. The van der Waals surface area contributed by atoms with Gasteiger partial charge >= 0.3 is 0 Å². The summed E-state index contributed by atoms with van der Waals surface area (Å²) >= 11 is 5.56. The first-order valence-corrected chi connectivity index (χ1v) is 13.1. The number of halogens is 1. The number of hydrogen-bond acceptors (Lipinski definition) is 10. The van der Waals surface area contributed by atoms with Gasteiger partial charge in [-0.3, -0.25) is 24.6 Å². The van der Waals surface area contributed by atoms with Gasteiger partial charge in [-0.1, -0.05) is 23.7 Å². The van der Waals surface area contributed by atoms with E-state index < -0.39 is 4.92 Å². The van der Waals surface area contributed by atoms with Gasteiger partial charge in [-0.15, -0.1) is 0 Å². The Balaban J connectivity index is 0.000000322. The number of hydrogen-bond donors (Lipinski definition) is 3. The second kappa shape index (κ2) is 15.6. The van der Waals surface area contributed by atoms with Crippen molar-refractivity contribution in [2.45, 2.75) is 19.8 Å². The predicted molar refractivity (Wildman–Crippen MR) is 164 cm³/mol. The van der Waals surface area contributed by atoms with E-state index in [0.29, 0.717) is 17.7 Å². The fraction of sp³-hybridized carbons (Fsp3) is 0.241. The maximum absolute atomic E-state index is 12.3. The fourth-order valence-electron chi connectivity index (χ4n) is 3.99. The molecule has 0 atom stereocenters. The van der Waals surface area contributed by atoms with Crippen molar-refractivity contribution in [3.63, 3.8) is 0 Å². The molecule has 4 rings (SSSR count). The first-order chi connectivity index (χ1) is 20.0. The van der Waals surface area contributed by atoms with Gasteiger partial charge in [0.05, 0.1) is 43.7 Å². The van der Waals surface area contributed by atoms with Crippen molar-refractivity contribution in [1.82, 2.24) is 4.90 Å². The fourth-order valence-corrected chi connectivity index (χ4v) is 4.20. The van der Waals surface area contributed by atoms with Gasteiger partial charge in [-0.2, -0.15) is 5.26 Å². The second-order valence-electron chi connectivity index (χ2n) is 8.95. The molecule has 0 fully saturated rings. The van der Waals surface area contributed by atoms with Crippen LogP contribution in [0.2, 0.25) is 5.02 Å². The maximum atomic E-state index is 12.3. The minimum Gasteiger partial charge on any atom is -0.397 e. The van der Waals surface area contributed by atoms with Gasteiger partial charge in [-0.25, -0.2) is 0 Å². The van der Waals surface area contributed by atoms with Gasteiger partial charge in [0.25, 0.3) is 17.5 Å². The largest absolute Gasteiger partial charge is 0.397 e. The molecule has 0 aliphatic carbocycles. The summed E-state index contributed by atoms with van der Waals surface area (Å²) in [7, 11) is 3.87. The third kappa shape index (κ3) is 8.18. The molecule has 2 amide bonds. The molecule has 1 aliphatic rings. The van der Waals surface area contributed by atoms with Crippen LogP contribution in [0, 0.1) is 21.4 Å². The van der Waals surface area contributed by atoms with Crippen LogP contribution in [0.5, 0.6) is 0 Å². The van der Waals surface area contributed by atoms with Crippen LogP contribution in [0.3, 0.4) is 0 Å². The van der Waals surface area contributed by atoms with Crippen LogP contribution in [0.1, 0.15) is 46.0 Å². The van der Waals surface area contributed by atoms with E-state index >= 15 is 0 Å². The average molecular weight is 594 g/mol. The van der Waals surface area contributed by atoms with Crippen molar-refractivity contribution in [2.75, 3.05) is 48.9 Å². The smallest absolute Gasteiger partial charge is 0.272 e. The molecule has 0 unspecified atom stereocenters. The Hall–Kier alpha value is -5.15. The molecule has 220 valence electrons. The summed E-state index contributed by atoms with van der Waals surface area (Å²) in [6.07, 6.45) is 2.40. The highest BCUT2D eigenvalue weighted by Crippen LogP contribution is 2.28. The van der Waals surface area contributed by atoms with Crippen molar-refractivity contribution < 1.29 is 19.3 Å². The quantitative estimate of drug-likeness (QED) is 0.0822. The molecule has 0 aromatic heterocycles. The van der Waals surface area contributed by atoms with E-state index in [0.717, 1.165) is 54.9 Å². The van der Waals surface area contributed by atoms with Gasteiger partial charge in [0.15, 0.2) is 0 Å². The summed E-state index contributed by atoms with van der Waals surface area (Å²) in [5.74, 6) is -0.368. The number of nitrogens with zero attached hydrogens (tertiary/aromatic N) is 4. The number of nitrogen functional groups attached to an aromatic ring is 2. The SMILES string of the molecule is CC=O.CNc1cc(N(C)CCCCN2C(=O)c3ccccc3C2=O)ccc1N.N#Cc1cc([N+](=O)[O-])cc(Cl)c1N. The highest BCUT2D eigenvalue weighted by atomic mass is 35.5. The number of rotatable bonds is 8. The number of non-ortho nitro benzene ring substituents is 1. The number of benzene rings is 3. The van der Waals surface area contributed by atoms with Crippen molar-refractivity contribution in [3.8, 4) is 6.07 Å². The number of unbranched alkanes of at least 4 members (excludes halogenated alkanes) is 1. The Morgan fingerprint density at radius 1 is 1.10 bits per heavy atom. The van der Waals surface area contributed by atoms with Crippen LogP contribution in [0.4, 0.5) is 28.4 Å². The van der Waals surface area contributed by atoms with E-state index in [1.807, 2.05) is 32.3 Å². The number of amides is 2. The molecule has 42 heavy (non-hydrogen) atoms. The summed E-state index contributed by atoms with van der Waals surface area (Å²) in [6, 6.07) is 16.8. The number of aldehydes is 1. The molecule has 1 heterocycles.